The van der Waals surface area contributed by atoms with Gasteiger partial charge in [0.25, 0.3) is 11.8 Å². The highest BCUT2D eigenvalue weighted by Crippen LogP contribution is 2.36. The Bertz CT molecular complexity index is 1560. The molecule has 0 bridgehead atoms. The molecular formula is C30H27N5O3S. The molecule has 4 N–H and O–H groups in total. The maximum atomic E-state index is 13.5. The summed E-state index contributed by atoms with van der Waals surface area (Å²) in [6.45, 7) is 1.06. The van der Waals surface area contributed by atoms with Crippen LogP contribution in [-0.4, -0.2) is 45.9 Å². The third kappa shape index (κ3) is 5.39. The zero-order valence-electron chi connectivity index (χ0n) is 21.1. The lowest BCUT2D eigenvalue weighted by Crippen LogP contribution is -2.47. The summed E-state index contributed by atoms with van der Waals surface area (Å²) in [5, 5.41) is 25.3. The van der Waals surface area contributed by atoms with Gasteiger partial charge >= 0.3 is 0 Å². The van der Waals surface area contributed by atoms with Crippen LogP contribution in [0.25, 0.3) is 22.4 Å². The van der Waals surface area contributed by atoms with E-state index in [-0.39, 0.29) is 29.1 Å². The number of benzene rings is 2. The Labute approximate surface area is 230 Å². The molecule has 3 heterocycles. The smallest absolute Gasteiger partial charge is 0.266 e. The van der Waals surface area contributed by atoms with Gasteiger partial charge in [0.15, 0.2) is 5.82 Å². The van der Waals surface area contributed by atoms with Gasteiger partial charge in [-0.05, 0) is 66.6 Å². The second kappa shape index (κ2) is 11.5. The molecule has 1 aliphatic rings. The third-order valence-electron chi connectivity index (χ3n) is 6.87. The van der Waals surface area contributed by atoms with Crippen LogP contribution in [0.2, 0.25) is 0 Å². The maximum absolute atomic E-state index is 13.5. The monoisotopic (exact) mass is 537 g/mol. The van der Waals surface area contributed by atoms with Crippen LogP contribution in [0.4, 0.5) is 5.82 Å². The lowest BCUT2D eigenvalue weighted by molar-refractivity contribution is 0.0623. The summed E-state index contributed by atoms with van der Waals surface area (Å²) >= 11 is 1.27. The molecule has 9 heteroatoms. The highest BCUT2D eigenvalue weighted by atomic mass is 32.1. The van der Waals surface area contributed by atoms with Crippen LogP contribution in [0.1, 0.15) is 44.9 Å². The summed E-state index contributed by atoms with van der Waals surface area (Å²) in [4.78, 5) is 33.3. The number of aromatic hydroxyl groups is 1. The van der Waals surface area contributed by atoms with Gasteiger partial charge in [0.1, 0.15) is 17.4 Å². The lowest BCUT2D eigenvalue weighted by atomic mass is 9.95. The molecule has 1 aliphatic heterocycles. The quantitative estimate of drug-likeness (QED) is 0.307. The number of aromatic nitrogens is 1. The molecule has 1 fully saturated rings. The fourth-order valence-corrected chi connectivity index (χ4v) is 5.50. The molecule has 2 amide bonds. The number of amides is 2. The Kier molecular flexibility index (Phi) is 7.68. The van der Waals surface area contributed by atoms with Gasteiger partial charge in [-0.3, -0.25) is 9.59 Å². The predicted octanol–water partition coefficient (Wildman–Crippen LogP) is 5.26. The highest BCUT2D eigenvalue weighted by molar-refractivity contribution is 7.12. The van der Waals surface area contributed by atoms with Crippen molar-refractivity contribution in [2.45, 2.75) is 25.3 Å². The molecule has 39 heavy (non-hydrogen) atoms. The number of hydrogen-bond acceptors (Lipinski definition) is 7. The maximum Gasteiger partial charge on any atom is 0.266 e. The van der Waals surface area contributed by atoms with Crippen molar-refractivity contribution in [1.29, 1.82) is 5.26 Å². The number of pyridine rings is 1. The number of para-hydroxylation sites is 1. The number of nitrogens with one attached hydrogen (secondary N) is 1. The lowest BCUT2D eigenvalue weighted by Gasteiger charge is -2.35. The number of hydrogen-bond donors (Lipinski definition) is 3. The van der Waals surface area contributed by atoms with E-state index in [0.29, 0.717) is 45.9 Å². The van der Waals surface area contributed by atoms with Crippen molar-refractivity contribution in [2.24, 2.45) is 5.73 Å². The number of anilines is 1. The zero-order chi connectivity index (χ0) is 27.4. The van der Waals surface area contributed by atoms with E-state index < -0.39 is 5.91 Å². The van der Waals surface area contributed by atoms with Gasteiger partial charge in [-0.1, -0.05) is 30.3 Å². The Morgan fingerprint density at radius 3 is 2.69 bits per heavy atom. The van der Waals surface area contributed by atoms with Crippen LogP contribution in [0.15, 0.2) is 72.1 Å². The van der Waals surface area contributed by atoms with Crippen molar-refractivity contribution in [3.05, 3.63) is 88.1 Å². The first-order valence-electron chi connectivity index (χ1n) is 12.7. The average molecular weight is 538 g/mol. The van der Waals surface area contributed by atoms with Crippen molar-refractivity contribution in [2.75, 3.05) is 18.4 Å². The number of likely N-dealkylation sites (tertiary alicyclic amines) is 1. The second-order valence-electron chi connectivity index (χ2n) is 9.30. The predicted molar refractivity (Wildman–Crippen MR) is 151 cm³/mol. The minimum atomic E-state index is -0.392. The van der Waals surface area contributed by atoms with Gasteiger partial charge in [-0.25, -0.2) is 4.98 Å². The van der Waals surface area contributed by atoms with Gasteiger partial charge in [0.05, 0.1) is 10.6 Å². The molecule has 2 aromatic carbocycles. The summed E-state index contributed by atoms with van der Waals surface area (Å²) in [7, 11) is 0. The Morgan fingerprint density at radius 2 is 1.95 bits per heavy atom. The number of nitrogens with zero attached hydrogens (tertiary/aromatic N) is 3. The second-order valence-corrected chi connectivity index (χ2v) is 10.3. The first kappa shape index (κ1) is 26.1. The number of phenols is 1. The van der Waals surface area contributed by atoms with Crippen LogP contribution < -0.4 is 11.1 Å². The molecular weight excluding hydrogens is 510 g/mol. The van der Waals surface area contributed by atoms with Gasteiger partial charge in [-0.15, -0.1) is 11.3 Å². The molecule has 8 nitrogen and oxygen atoms in total. The Balaban J connectivity index is 1.62. The van der Waals surface area contributed by atoms with E-state index in [1.54, 1.807) is 66.0 Å². The van der Waals surface area contributed by atoms with Crippen molar-refractivity contribution in [3.8, 4) is 34.2 Å². The molecule has 196 valence electrons. The number of carbonyl (C=O) groups excluding carboxylic acids is 2. The van der Waals surface area contributed by atoms with Crippen LogP contribution in [0.3, 0.4) is 0 Å². The number of phenolic OH excluding ortho intramolecular Hbond substituents is 1. The van der Waals surface area contributed by atoms with Crippen LogP contribution in [0, 0.1) is 11.3 Å². The SMILES string of the molecule is N#Cc1c(-c2cccc(C(=O)N3CCCCC3CN)c2)cc(-c2ccccc2O)nc1NC(=O)c1cccs1. The number of nitrogens with two attached hydrogens (primary N) is 1. The van der Waals surface area contributed by atoms with Gasteiger partial charge in [0.2, 0.25) is 0 Å². The van der Waals surface area contributed by atoms with E-state index in [1.165, 1.54) is 11.3 Å². The number of thiophene rings is 1. The average Bonchev–Trinajstić information content (AvgIpc) is 3.52. The van der Waals surface area contributed by atoms with Crippen molar-refractivity contribution >= 4 is 29.0 Å². The van der Waals surface area contributed by atoms with E-state index in [9.17, 15) is 20.0 Å². The zero-order valence-corrected chi connectivity index (χ0v) is 21.9. The molecule has 1 atom stereocenters. The standard InChI is InChI=1S/C30H27N5O3S/c31-17-21-9-3-4-13-35(21)30(38)20-8-5-7-19(15-20)23-16-25(22-10-1-2-11-26(22)36)33-28(24(23)18-32)34-29(37)27-12-6-14-39-27/h1-2,5-8,10-12,14-16,21,36H,3-4,9,13,17,31H2,(H,33,34,37). The summed E-state index contributed by atoms with van der Waals surface area (Å²) in [6.07, 6.45) is 2.85. The van der Waals surface area contributed by atoms with Crippen LogP contribution >= 0.6 is 11.3 Å². The number of rotatable bonds is 6. The van der Waals surface area contributed by atoms with E-state index in [1.807, 2.05) is 11.0 Å². The van der Waals surface area contributed by atoms with E-state index in [4.69, 9.17) is 5.73 Å². The normalized spacial score (nSPS) is 15.0. The first-order chi connectivity index (χ1) is 19.0. The molecule has 4 aromatic rings. The van der Waals surface area contributed by atoms with Gasteiger partial charge in [-0.2, -0.15) is 5.26 Å². The van der Waals surface area contributed by atoms with Gasteiger partial charge in [0, 0.05) is 35.8 Å². The largest absolute Gasteiger partial charge is 0.507 e. The number of piperidine rings is 1. The van der Waals surface area contributed by atoms with Gasteiger partial charge < -0.3 is 21.1 Å². The summed E-state index contributed by atoms with van der Waals surface area (Å²) in [5.41, 5.74) is 8.51. The number of carbonyl (C=O) groups is 2. The Hall–Kier alpha value is -4.52. The summed E-state index contributed by atoms with van der Waals surface area (Å²) < 4.78 is 0. The molecule has 0 saturated carbocycles. The summed E-state index contributed by atoms with van der Waals surface area (Å²) in [6, 6.07) is 21.1. The highest BCUT2D eigenvalue weighted by Gasteiger charge is 2.27. The molecule has 1 unspecified atom stereocenters. The topological polar surface area (TPSA) is 132 Å². The van der Waals surface area contributed by atoms with Crippen molar-refractivity contribution < 1.29 is 14.7 Å². The molecule has 5 rings (SSSR count). The molecule has 0 radical (unpaired) electrons. The fourth-order valence-electron chi connectivity index (χ4n) is 4.88. The first-order valence-corrected chi connectivity index (χ1v) is 13.6. The van der Waals surface area contributed by atoms with E-state index >= 15 is 0 Å². The number of nitriles is 1. The van der Waals surface area contributed by atoms with Crippen LogP contribution in [-0.2, 0) is 0 Å². The molecule has 1 saturated heterocycles. The molecule has 2 aromatic heterocycles. The Morgan fingerprint density at radius 1 is 1.10 bits per heavy atom. The van der Waals surface area contributed by atoms with E-state index in [2.05, 4.69) is 16.4 Å². The molecule has 0 aliphatic carbocycles. The minimum Gasteiger partial charge on any atom is -0.507 e. The summed E-state index contributed by atoms with van der Waals surface area (Å²) in [5.74, 6) is -0.413. The molecule has 0 spiro atoms. The fraction of sp³-hybridized carbons (Fsp3) is 0.200. The minimum absolute atomic E-state index is 0.00257. The van der Waals surface area contributed by atoms with E-state index in [0.717, 1.165) is 19.3 Å². The third-order valence-corrected chi connectivity index (χ3v) is 7.74. The van der Waals surface area contributed by atoms with Crippen molar-refractivity contribution in [3.63, 3.8) is 0 Å². The van der Waals surface area contributed by atoms with Crippen molar-refractivity contribution in [1.82, 2.24) is 9.88 Å². The van der Waals surface area contributed by atoms with Crippen LogP contribution in [0.5, 0.6) is 5.75 Å².